The molecule has 2 saturated carbocycles. The third-order valence-corrected chi connectivity index (χ3v) is 5.83. The highest BCUT2D eigenvalue weighted by atomic mass is 15.2. The van der Waals surface area contributed by atoms with E-state index in [0.29, 0.717) is 0 Å². The molecule has 3 aliphatic rings. The summed E-state index contributed by atoms with van der Waals surface area (Å²) in [6, 6.07) is 1.72. The number of fused-ring (bicyclic) bond motifs is 2. The summed E-state index contributed by atoms with van der Waals surface area (Å²) in [7, 11) is 0. The zero-order chi connectivity index (χ0) is 13.1. The maximum Gasteiger partial charge on any atom is 0.0223 e. The highest BCUT2D eigenvalue weighted by Gasteiger charge is 2.39. The van der Waals surface area contributed by atoms with Gasteiger partial charge >= 0.3 is 0 Å². The molecule has 2 bridgehead atoms. The summed E-state index contributed by atoms with van der Waals surface area (Å²) in [6.45, 7) is 6.25. The molecule has 3 rings (SSSR count). The monoisotopic (exact) mass is 264 g/mol. The quantitative estimate of drug-likeness (QED) is 0.791. The van der Waals surface area contributed by atoms with Gasteiger partial charge < -0.3 is 5.32 Å². The van der Waals surface area contributed by atoms with Crippen LogP contribution in [-0.2, 0) is 0 Å². The lowest BCUT2D eigenvalue weighted by Gasteiger charge is -2.36. The van der Waals surface area contributed by atoms with Crippen molar-refractivity contribution >= 4 is 0 Å². The van der Waals surface area contributed by atoms with Gasteiger partial charge in [-0.1, -0.05) is 26.2 Å². The van der Waals surface area contributed by atoms with Gasteiger partial charge in [0.2, 0.25) is 0 Å². The molecular weight excluding hydrogens is 232 g/mol. The van der Waals surface area contributed by atoms with Crippen LogP contribution in [0.5, 0.6) is 0 Å². The standard InChI is InChI=1S/C17H32N2/c1-2-10-18-17(15-6-4-3-5-7-15)13-19-12-14-8-9-16(19)11-14/h14-18H,2-13H2,1H3. The smallest absolute Gasteiger partial charge is 0.0223 e. The molecule has 1 saturated heterocycles. The summed E-state index contributed by atoms with van der Waals surface area (Å²) >= 11 is 0. The second-order valence-electron chi connectivity index (χ2n) is 7.25. The van der Waals surface area contributed by atoms with E-state index in [-0.39, 0.29) is 0 Å². The first kappa shape index (κ1) is 13.9. The molecular formula is C17H32N2. The fourth-order valence-corrected chi connectivity index (χ4v) is 4.75. The van der Waals surface area contributed by atoms with Gasteiger partial charge in [-0.3, -0.25) is 4.90 Å². The predicted molar refractivity (Wildman–Crippen MR) is 81.4 cm³/mol. The van der Waals surface area contributed by atoms with Crippen LogP contribution in [0, 0.1) is 11.8 Å². The fraction of sp³-hybridized carbons (Fsp3) is 1.00. The summed E-state index contributed by atoms with van der Waals surface area (Å²) in [4.78, 5) is 2.83. The van der Waals surface area contributed by atoms with E-state index in [2.05, 4.69) is 17.1 Å². The average molecular weight is 264 g/mol. The van der Waals surface area contributed by atoms with Crippen molar-refractivity contribution in [1.82, 2.24) is 10.2 Å². The Kier molecular flexibility index (Phi) is 4.81. The van der Waals surface area contributed by atoms with Crippen LogP contribution in [0.2, 0.25) is 0 Å². The minimum absolute atomic E-state index is 0.777. The SMILES string of the molecule is CCCNC(CN1CC2CCC1C2)C1CCCCC1. The maximum absolute atomic E-state index is 3.88. The first-order valence-electron chi connectivity index (χ1n) is 8.84. The number of nitrogens with one attached hydrogen (secondary N) is 1. The molecule has 3 fully saturated rings. The lowest BCUT2D eigenvalue weighted by Crippen LogP contribution is -2.48. The van der Waals surface area contributed by atoms with E-state index in [4.69, 9.17) is 0 Å². The second-order valence-corrected chi connectivity index (χ2v) is 7.25. The zero-order valence-corrected chi connectivity index (χ0v) is 12.7. The number of hydrogen-bond donors (Lipinski definition) is 1. The summed E-state index contributed by atoms with van der Waals surface area (Å²) < 4.78 is 0. The van der Waals surface area contributed by atoms with Crippen molar-refractivity contribution in [1.29, 1.82) is 0 Å². The Morgan fingerprint density at radius 3 is 2.58 bits per heavy atom. The molecule has 0 aromatic rings. The van der Waals surface area contributed by atoms with Crippen LogP contribution in [-0.4, -0.2) is 36.6 Å². The van der Waals surface area contributed by atoms with E-state index in [1.54, 1.807) is 0 Å². The van der Waals surface area contributed by atoms with Crippen molar-refractivity contribution in [2.75, 3.05) is 19.6 Å². The Balaban J connectivity index is 1.55. The van der Waals surface area contributed by atoms with E-state index in [1.165, 1.54) is 77.4 Å². The molecule has 19 heavy (non-hydrogen) atoms. The number of piperidine rings is 1. The number of likely N-dealkylation sites (tertiary alicyclic amines) is 1. The molecule has 3 unspecified atom stereocenters. The van der Waals surface area contributed by atoms with Crippen LogP contribution in [0.4, 0.5) is 0 Å². The summed E-state index contributed by atoms with van der Waals surface area (Å²) in [6.07, 6.45) is 13.1. The maximum atomic E-state index is 3.88. The Bertz CT molecular complexity index is 272. The predicted octanol–water partition coefficient (Wildman–Crippen LogP) is 3.42. The van der Waals surface area contributed by atoms with Crippen molar-refractivity contribution in [2.24, 2.45) is 11.8 Å². The molecule has 110 valence electrons. The van der Waals surface area contributed by atoms with Gasteiger partial charge in [-0.2, -0.15) is 0 Å². The van der Waals surface area contributed by atoms with Gasteiger partial charge in [-0.25, -0.2) is 0 Å². The van der Waals surface area contributed by atoms with Gasteiger partial charge in [0.05, 0.1) is 0 Å². The molecule has 1 heterocycles. The zero-order valence-electron chi connectivity index (χ0n) is 12.7. The third kappa shape index (κ3) is 3.33. The average Bonchev–Trinajstić information content (AvgIpc) is 3.07. The molecule has 1 aliphatic heterocycles. The minimum atomic E-state index is 0.777. The van der Waals surface area contributed by atoms with Crippen molar-refractivity contribution in [3.8, 4) is 0 Å². The van der Waals surface area contributed by atoms with Crippen molar-refractivity contribution in [3.63, 3.8) is 0 Å². The van der Waals surface area contributed by atoms with Gasteiger partial charge in [0.15, 0.2) is 0 Å². The van der Waals surface area contributed by atoms with E-state index in [1.807, 2.05) is 0 Å². The molecule has 0 amide bonds. The third-order valence-electron chi connectivity index (χ3n) is 5.83. The van der Waals surface area contributed by atoms with Crippen molar-refractivity contribution in [2.45, 2.75) is 76.8 Å². The van der Waals surface area contributed by atoms with Crippen LogP contribution >= 0.6 is 0 Å². The second kappa shape index (κ2) is 6.58. The molecule has 0 spiro atoms. The molecule has 2 nitrogen and oxygen atoms in total. The Hall–Kier alpha value is -0.0800. The number of rotatable bonds is 6. The topological polar surface area (TPSA) is 15.3 Å². The van der Waals surface area contributed by atoms with Crippen LogP contribution in [0.15, 0.2) is 0 Å². The fourth-order valence-electron chi connectivity index (χ4n) is 4.75. The van der Waals surface area contributed by atoms with Crippen LogP contribution in [0.1, 0.15) is 64.7 Å². The first-order valence-corrected chi connectivity index (χ1v) is 8.84. The molecule has 0 aromatic heterocycles. The Morgan fingerprint density at radius 2 is 1.95 bits per heavy atom. The van der Waals surface area contributed by atoms with Crippen molar-refractivity contribution < 1.29 is 0 Å². The Labute approximate surface area is 119 Å². The lowest BCUT2D eigenvalue weighted by atomic mass is 9.83. The van der Waals surface area contributed by atoms with Crippen LogP contribution < -0.4 is 5.32 Å². The largest absolute Gasteiger partial charge is 0.312 e. The lowest BCUT2D eigenvalue weighted by molar-refractivity contribution is 0.153. The summed E-state index contributed by atoms with van der Waals surface area (Å²) in [5, 5.41) is 3.88. The van der Waals surface area contributed by atoms with Gasteiger partial charge in [-0.05, 0) is 56.9 Å². The normalized spacial score (nSPS) is 33.9. The van der Waals surface area contributed by atoms with Gasteiger partial charge in [0.1, 0.15) is 0 Å². The summed E-state index contributed by atoms with van der Waals surface area (Å²) in [5.41, 5.74) is 0. The molecule has 2 aliphatic carbocycles. The van der Waals surface area contributed by atoms with Crippen LogP contribution in [0.3, 0.4) is 0 Å². The van der Waals surface area contributed by atoms with Crippen LogP contribution in [0.25, 0.3) is 0 Å². The highest BCUT2D eigenvalue weighted by molar-refractivity contribution is 4.94. The molecule has 3 atom stereocenters. The molecule has 0 aromatic carbocycles. The number of nitrogens with zero attached hydrogens (tertiary/aromatic N) is 1. The molecule has 0 radical (unpaired) electrons. The van der Waals surface area contributed by atoms with Gasteiger partial charge in [0, 0.05) is 25.2 Å². The summed E-state index contributed by atoms with van der Waals surface area (Å²) in [5.74, 6) is 2.00. The highest BCUT2D eigenvalue weighted by Crippen LogP contribution is 2.38. The Morgan fingerprint density at radius 1 is 1.11 bits per heavy atom. The molecule has 2 heteroatoms. The van der Waals surface area contributed by atoms with Gasteiger partial charge in [-0.15, -0.1) is 0 Å². The number of hydrogen-bond acceptors (Lipinski definition) is 2. The first-order chi connectivity index (χ1) is 9.36. The molecule has 1 N–H and O–H groups in total. The minimum Gasteiger partial charge on any atom is -0.312 e. The van der Waals surface area contributed by atoms with E-state index < -0.39 is 0 Å². The van der Waals surface area contributed by atoms with Crippen molar-refractivity contribution in [3.05, 3.63) is 0 Å². The van der Waals surface area contributed by atoms with E-state index in [9.17, 15) is 0 Å². The van der Waals surface area contributed by atoms with Gasteiger partial charge in [0.25, 0.3) is 0 Å². The van der Waals surface area contributed by atoms with E-state index >= 15 is 0 Å². The van der Waals surface area contributed by atoms with E-state index in [0.717, 1.165) is 23.9 Å².